The van der Waals surface area contributed by atoms with Gasteiger partial charge in [0, 0.05) is 28.6 Å². The summed E-state index contributed by atoms with van der Waals surface area (Å²) in [7, 11) is -7.44. The summed E-state index contributed by atoms with van der Waals surface area (Å²) in [5.74, 6) is 5.16. The fraction of sp³-hybridized carbons (Fsp3) is 0.400. The number of nitrogens with one attached hydrogen (secondary N) is 1. The Morgan fingerprint density at radius 3 is 2.63 bits per heavy atom. The third-order valence-electron chi connectivity index (χ3n) is 1.80. The van der Waals surface area contributed by atoms with E-state index in [2.05, 4.69) is 16.6 Å². The van der Waals surface area contributed by atoms with Crippen LogP contribution in [0, 0.1) is 11.8 Å². The number of sulfone groups is 1. The minimum Gasteiger partial charge on any atom is -0.384 e. The molecule has 0 radical (unpaired) electrons. The van der Waals surface area contributed by atoms with Crippen molar-refractivity contribution in [1.82, 2.24) is 4.72 Å². The van der Waals surface area contributed by atoms with Crippen molar-refractivity contribution in [3.63, 3.8) is 0 Å². The van der Waals surface area contributed by atoms with Gasteiger partial charge in [0.05, 0.1) is 0 Å². The standard InChI is InChI=1S/C10H13NO5S3/c1-18(13,14)8-19(15,16)11-6-10-5-9(7-17-10)3-2-4-12/h5,7,11-12H,4,6,8H2,1H3. The maximum absolute atomic E-state index is 11.5. The molecule has 0 saturated carbocycles. The Morgan fingerprint density at radius 1 is 1.37 bits per heavy atom. The van der Waals surface area contributed by atoms with Crippen LogP contribution in [0.25, 0.3) is 0 Å². The molecule has 0 aromatic carbocycles. The number of hydrogen-bond acceptors (Lipinski definition) is 6. The smallest absolute Gasteiger partial charge is 0.226 e. The van der Waals surface area contributed by atoms with Gasteiger partial charge in [0.1, 0.15) is 6.61 Å². The average molecular weight is 323 g/mol. The minimum atomic E-state index is -3.85. The molecule has 0 aliphatic heterocycles. The average Bonchev–Trinajstić information content (AvgIpc) is 2.68. The highest BCUT2D eigenvalue weighted by Gasteiger charge is 2.17. The summed E-state index contributed by atoms with van der Waals surface area (Å²) in [6.45, 7) is -0.227. The second kappa shape index (κ2) is 6.49. The number of rotatable bonds is 5. The monoisotopic (exact) mass is 323 g/mol. The molecule has 0 fully saturated rings. The van der Waals surface area contributed by atoms with E-state index in [0.717, 1.165) is 6.26 Å². The number of sulfonamides is 1. The fourth-order valence-electron chi connectivity index (χ4n) is 1.19. The number of hydrogen-bond donors (Lipinski definition) is 2. The maximum Gasteiger partial charge on any atom is 0.226 e. The first kappa shape index (κ1) is 16.1. The predicted octanol–water partition coefficient (Wildman–Crippen LogP) is -0.487. The van der Waals surface area contributed by atoms with Crippen LogP contribution in [0.5, 0.6) is 0 Å². The van der Waals surface area contributed by atoms with Crippen molar-refractivity contribution in [3.05, 3.63) is 21.9 Å². The summed E-state index contributed by atoms with van der Waals surface area (Å²) in [4.78, 5) is 0.708. The normalized spacial score (nSPS) is 11.9. The Balaban J connectivity index is 2.65. The van der Waals surface area contributed by atoms with Crippen molar-refractivity contribution in [3.8, 4) is 11.8 Å². The molecule has 106 valence electrons. The van der Waals surface area contributed by atoms with Gasteiger partial charge in [0.25, 0.3) is 0 Å². The van der Waals surface area contributed by atoms with Gasteiger partial charge in [-0.1, -0.05) is 11.8 Å². The Bertz CT molecular complexity index is 691. The number of aliphatic hydroxyl groups excluding tert-OH is 1. The van der Waals surface area contributed by atoms with E-state index in [1.165, 1.54) is 11.3 Å². The lowest BCUT2D eigenvalue weighted by molar-refractivity contribution is 0.350. The van der Waals surface area contributed by atoms with Gasteiger partial charge in [0.15, 0.2) is 14.9 Å². The van der Waals surface area contributed by atoms with Crippen LogP contribution in [0.15, 0.2) is 11.4 Å². The highest BCUT2D eigenvalue weighted by atomic mass is 32.3. The predicted molar refractivity (Wildman–Crippen MR) is 73.8 cm³/mol. The van der Waals surface area contributed by atoms with Gasteiger partial charge in [-0.3, -0.25) is 0 Å². The van der Waals surface area contributed by atoms with E-state index >= 15 is 0 Å². The second-order valence-electron chi connectivity index (χ2n) is 3.74. The fourth-order valence-corrected chi connectivity index (χ4v) is 5.00. The Hall–Kier alpha value is -0.920. The van der Waals surface area contributed by atoms with Crippen LogP contribution in [0.2, 0.25) is 0 Å². The molecule has 1 aromatic rings. The van der Waals surface area contributed by atoms with Crippen molar-refractivity contribution >= 4 is 31.2 Å². The first-order valence-electron chi connectivity index (χ1n) is 5.04. The lowest BCUT2D eigenvalue weighted by Gasteiger charge is -2.03. The van der Waals surface area contributed by atoms with Crippen molar-refractivity contribution in [2.45, 2.75) is 6.54 Å². The zero-order valence-electron chi connectivity index (χ0n) is 10.1. The first-order chi connectivity index (χ1) is 8.72. The summed E-state index contributed by atoms with van der Waals surface area (Å²) >= 11 is 1.30. The Morgan fingerprint density at radius 2 is 2.05 bits per heavy atom. The van der Waals surface area contributed by atoms with Gasteiger partial charge in [-0.25, -0.2) is 21.6 Å². The third kappa shape index (κ3) is 6.70. The van der Waals surface area contributed by atoms with Crippen LogP contribution >= 0.6 is 11.3 Å². The quantitative estimate of drug-likeness (QED) is 0.713. The summed E-state index contributed by atoms with van der Waals surface area (Å²) in [6, 6.07) is 1.68. The minimum absolute atomic E-state index is 0.0172. The van der Waals surface area contributed by atoms with Crippen molar-refractivity contribution in [1.29, 1.82) is 0 Å². The molecule has 1 aromatic heterocycles. The molecule has 0 unspecified atom stereocenters. The zero-order chi connectivity index (χ0) is 14.5. The largest absolute Gasteiger partial charge is 0.384 e. The van der Waals surface area contributed by atoms with Gasteiger partial charge in [-0.05, 0) is 6.07 Å². The summed E-state index contributed by atoms with van der Waals surface area (Å²) < 4.78 is 47.0. The molecule has 1 rings (SSSR count). The van der Waals surface area contributed by atoms with Crippen molar-refractivity contribution in [2.24, 2.45) is 0 Å². The van der Waals surface area contributed by atoms with Crippen LogP contribution in [-0.4, -0.2) is 39.9 Å². The number of aliphatic hydroxyl groups is 1. The first-order valence-corrected chi connectivity index (χ1v) is 9.63. The van der Waals surface area contributed by atoms with Crippen LogP contribution in [0.3, 0.4) is 0 Å². The van der Waals surface area contributed by atoms with Gasteiger partial charge >= 0.3 is 0 Å². The van der Waals surface area contributed by atoms with Gasteiger partial charge in [-0.2, -0.15) is 0 Å². The molecule has 2 N–H and O–H groups in total. The third-order valence-corrected chi connectivity index (χ3v) is 6.28. The van der Waals surface area contributed by atoms with E-state index in [-0.39, 0.29) is 13.2 Å². The molecule has 6 nitrogen and oxygen atoms in total. The molecule has 9 heteroatoms. The number of thiophene rings is 1. The molecule has 0 amide bonds. The molecular weight excluding hydrogens is 310 g/mol. The Labute approximate surface area is 116 Å². The molecule has 0 aliphatic carbocycles. The summed E-state index contributed by atoms with van der Waals surface area (Å²) in [5, 5.41) is 9.33. The molecule has 19 heavy (non-hydrogen) atoms. The Kier molecular flexibility index (Phi) is 5.51. The van der Waals surface area contributed by atoms with Crippen LogP contribution in [-0.2, 0) is 26.4 Å². The molecule has 0 spiro atoms. The van der Waals surface area contributed by atoms with E-state index < -0.39 is 24.9 Å². The molecule has 0 aliphatic rings. The van der Waals surface area contributed by atoms with Crippen LogP contribution in [0.1, 0.15) is 10.4 Å². The van der Waals surface area contributed by atoms with Crippen molar-refractivity contribution in [2.75, 3.05) is 17.9 Å². The van der Waals surface area contributed by atoms with E-state index in [9.17, 15) is 16.8 Å². The van der Waals surface area contributed by atoms with Gasteiger partial charge in [-0.15, -0.1) is 11.3 Å². The van der Waals surface area contributed by atoms with Crippen molar-refractivity contribution < 1.29 is 21.9 Å². The summed E-state index contributed by atoms with van der Waals surface area (Å²) in [6.07, 6.45) is 0.861. The van der Waals surface area contributed by atoms with Gasteiger partial charge < -0.3 is 5.11 Å². The SMILES string of the molecule is CS(=O)(=O)CS(=O)(=O)NCc1cc(C#CCO)cs1. The van der Waals surface area contributed by atoms with E-state index in [1.54, 1.807) is 11.4 Å². The maximum atomic E-state index is 11.5. The van der Waals surface area contributed by atoms with E-state index in [4.69, 9.17) is 5.11 Å². The second-order valence-corrected chi connectivity index (χ2v) is 9.05. The molecule has 0 saturated heterocycles. The zero-order valence-corrected chi connectivity index (χ0v) is 12.5. The highest BCUT2D eigenvalue weighted by molar-refractivity contribution is 8.06. The summed E-state index contributed by atoms with van der Waals surface area (Å²) in [5.41, 5.74) is 0.677. The van der Waals surface area contributed by atoms with E-state index in [0.29, 0.717) is 10.4 Å². The molecule has 0 bridgehead atoms. The van der Waals surface area contributed by atoms with Crippen LogP contribution in [0.4, 0.5) is 0 Å². The highest BCUT2D eigenvalue weighted by Crippen LogP contribution is 2.13. The lowest BCUT2D eigenvalue weighted by atomic mass is 10.3. The molecule has 1 heterocycles. The molecule has 0 atom stereocenters. The van der Waals surface area contributed by atoms with Gasteiger partial charge in [0.2, 0.25) is 10.0 Å². The molecular formula is C10H13NO5S3. The van der Waals surface area contributed by atoms with E-state index in [1.807, 2.05) is 0 Å². The van der Waals surface area contributed by atoms with Crippen LogP contribution < -0.4 is 4.72 Å². The topological polar surface area (TPSA) is 101 Å². The lowest BCUT2D eigenvalue weighted by Crippen LogP contribution is -2.29.